The van der Waals surface area contributed by atoms with Gasteiger partial charge in [0.2, 0.25) is 0 Å². The van der Waals surface area contributed by atoms with E-state index in [1.165, 1.54) is 12.1 Å². The fourth-order valence-electron chi connectivity index (χ4n) is 1.56. The third-order valence-corrected chi connectivity index (χ3v) is 5.05. The first kappa shape index (κ1) is 10.4. The Morgan fingerprint density at radius 1 is 1.33 bits per heavy atom. The quantitative estimate of drug-likeness (QED) is 0.786. The monoisotopic (exact) mass is 229 g/mol. The summed E-state index contributed by atoms with van der Waals surface area (Å²) < 4.78 is 36.8. The van der Waals surface area contributed by atoms with Gasteiger partial charge in [-0.2, -0.15) is 0 Å². The van der Waals surface area contributed by atoms with Crippen LogP contribution in [0.15, 0.2) is 23.1 Å². The van der Waals surface area contributed by atoms with Crippen molar-refractivity contribution in [2.45, 2.75) is 29.4 Å². The molecule has 0 radical (unpaired) electrons. The number of rotatable bonds is 2. The molecule has 1 aromatic rings. The Morgan fingerprint density at radius 3 is 2.47 bits per heavy atom. The van der Waals surface area contributed by atoms with Crippen molar-refractivity contribution >= 4 is 15.5 Å². The van der Waals surface area contributed by atoms with Gasteiger partial charge in [-0.05, 0) is 31.0 Å². The normalized spacial score (nSPS) is 17.4. The first-order chi connectivity index (χ1) is 7.01. The summed E-state index contributed by atoms with van der Waals surface area (Å²) in [5, 5.41) is -0.333. The van der Waals surface area contributed by atoms with Crippen molar-refractivity contribution in [1.82, 2.24) is 0 Å². The number of hydrogen-bond donors (Lipinski definition) is 1. The molecule has 1 aliphatic rings. The Bertz CT molecular complexity index is 480. The maximum atomic E-state index is 13.1. The van der Waals surface area contributed by atoms with Crippen LogP contribution in [-0.2, 0) is 9.84 Å². The zero-order chi connectivity index (χ0) is 11.1. The van der Waals surface area contributed by atoms with E-state index in [1.54, 1.807) is 0 Å². The third-order valence-electron chi connectivity index (χ3n) is 2.79. The van der Waals surface area contributed by atoms with E-state index in [-0.39, 0.29) is 15.8 Å². The van der Waals surface area contributed by atoms with E-state index < -0.39 is 15.7 Å². The Labute approximate surface area is 88.0 Å². The minimum Gasteiger partial charge on any atom is -0.396 e. The molecule has 15 heavy (non-hydrogen) atoms. The molecule has 1 fully saturated rings. The second kappa shape index (κ2) is 3.48. The van der Waals surface area contributed by atoms with Crippen LogP contribution in [0.5, 0.6) is 0 Å². The Balaban J connectivity index is 2.40. The van der Waals surface area contributed by atoms with Gasteiger partial charge in [0, 0.05) is 0 Å². The van der Waals surface area contributed by atoms with Crippen LogP contribution in [0.1, 0.15) is 19.3 Å². The summed E-state index contributed by atoms with van der Waals surface area (Å²) in [7, 11) is -3.34. The molecule has 1 aromatic carbocycles. The molecule has 0 spiro atoms. The smallest absolute Gasteiger partial charge is 0.181 e. The molecule has 1 aliphatic carbocycles. The summed E-state index contributed by atoms with van der Waals surface area (Å²) >= 11 is 0. The highest BCUT2D eigenvalue weighted by molar-refractivity contribution is 7.92. The number of nitrogens with two attached hydrogens (primary N) is 1. The van der Waals surface area contributed by atoms with Gasteiger partial charge in [-0.25, -0.2) is 12.8 Å². The minimum atomic E-state index is -3.34. The van der Waals surface area contributed by atoms with Crippen molar-refractivity contribution < 1.29 is 12.8 Å². The predicted molar refractivity (Wildman–Crippen MR) is 55.6 cm³/mol. The number of halogens is 1. The molecule has 0 atom stereocenters. The molecule has 5 heteroatoms. The van der Waals surface area contributed by atoms with Gasteiger partial charge < -0.3 is 5.73 Å². The van der Waals surface area contributed by atoms with Crippen molar-refractivity contribution in [2.24, 2.45) is 0 Å². The lowest BCUT2D eigenvalue weighted by atomic mass is 10.00. The second-order valence-electron chi connectivity index (χ2n) is 3.78. The van der Waals surface area contributed by atoms with Crippen LogP contribution in [0.2, 0.25) is 0 Å². The van der Waals surface area contributed by atoms with Crippen LogP contribution in [0.4, 0.5) is 10.1 Å². The number of anilines is 1. The molecular weight excluding hydrogens is 217 g/mol. The highest BCUT2D eigenvalue weighted by Crippen LogP contribution is 2.31. The van der Waals surface area contributed by atoms with Gasteiger partial charge in [-0.1, -0.05) is 6.42 Å². The lowest BCUT2D eigenvalue weighted by molar-refractivity contribution is 0.476. The molecule has 3 nitrogen and oxygen atoms in total. The van der Waals surface area contributed by atoms with Crippen molar-refractivity contribution in [1.29, 1.82) is 0 Å². The van der Waals surface area contributed by atoms with E-state index in [1.807, 2.05) is 0 Å². The standard InChI is InChI=1S/C10H12FNO2S/c11-9-6-8(4-5-10(9)12)15(13,14)7-2-1-3-7/h4-7H,1-3,12H2. The average molecular weight is 229 g/mol. The van der Waals surface area contributed by atoms with E-state index in [0.29, 0.717) is 12.8 Å². The molecule has 2 N–H and O–H groups in total. The lowest BCUT2D eigenvalue weighted by Gasteiger charge is -2.25. The molecule has 0 saturated heterocycles. The summed E-state index contributed by atoms with van der Waals surface area (Å²) in [4.78, 5) is 0.0406. The molecular formula is C10H12FNO2S. The van der Waals surface area contributed by atoms with Crippen LogP contribution in [0, 0.1) is 5.82 Å². The Morgan fingerprint density at radius 2 is 2.00 bits per heavy atom. The minimum absolute atomic E-state index is 0.0254. The molecule has 0 amide bonds. The van der Waals surface area contributed by atoms with E-state index in [4.69, 9.17) is 5.73 Å². The fourth-order valence-corrected chi connectivity index (χ4v) is 3.42. The highest BCUT2D eigenvalue weighted by atomic mass is 32.2. The van der Waals surface area contributed by atoms with Gasteiger partial charge in [0.05, 0.1) is 15.8 Å². The molecule has 2 rings (SSSR count). The first-order valence-corrected chi connectivity index (χ1v) is 6.35. The molecule has 0 aliphatic heterocycles. The van der Waals surface area contributed by atoms with Gasteiger partial charge in [0.25, 0.3) is 0 Å². The van der Waals surface area contributed by atoms with Crippen molar-refractivity contribution in [2.75, 3.05) is 5.73 Å². The molecule has 1 saturated carbocycles. The number of nitrogen functional groups attached to an aromatic ring is 1. The molecule has 0 bridgehead atoms. The maximum Gasteiger partial charge on any atom is 0.181 e. The molecule has 0 unspecified atom stereocenters. The topological polar surface area (TPSA) is 60.2 Å². The lowest BCUT2D eigenvalue weighted by Crippen LogP contribution is -2.28. The summed E-state index contributed by atoms with van der Waals surface area (Å²) in [6.45, 7) is 0. The van der Waals surface area contributed by atoms with Crippen molar-refractivity contribution in [3.63, 3.8) is 0 Å². The van der Waals surface area contributed by atoms with Gasteiger partial charge in [-0.3, -0.25) is 0 Å². The van der Waals surface area contributed by atoms with E-state index >= 15 is 0 Å². The number of benzene rings is 1. The zero-order valence-corrected chi connectivity index (χ0v) is 8.93. The first-order valence-electron chi connectivity index (χ1n) is 4.81. The third kappa shape index (κ3) is 1.71. The van der Waals surface area contributed by atoms with E-state index in [2.05, 4.69) is 0 Å². The molecule has 0 heterocycles. The van der Waals surface area contributed by atoms with Crippen LogP contribution in [0.3, 0.4) is 0 Å². The molecule has 82 valence electrons. The van der Waals surface area contributed by atoms with Gasteiger partial charge >= 0.3 is 0 Å². The fraction of sp³-hybridized carbons (Fsp3) is 0.400. The van der Waals surface area contributed by atoms with Crippen molar-refractivity contribution in [3.05, 3.63) is 24.0 Å². The second-order valence-corrected chi connectivity index (χ2v) is 6.01. The van der Waals surface area contributed by atoms with E-state index in [0.717, 1.165) is 12.5 Å². The van der Waals surface area contributed by atoms with Gasteiger partial charge in [0.1, 0.15) is 5.82 Å². The highest BCUT2D eigenvalue weighted by Gasteiger charge is 2.32. The van der Waals surface area contributed by atoms with Crippen LogP contribution >= 0.6 is 0 Å². The Kier molecular flexibility index (Phi) is 2.42. The largest absolute Gasteiger partial charge is 0.396 e. The summed E-state index contributed by atoms with van der Waals surface area (Å²) in [6.07, 6.45) is 2.28. The van der Waals surface area contributed by atoms with E-state index in [9.17, 15) is 12.8 Å². The predicted octanol–water partition coefficient (Wildman–Crippen LogP) is 1.73. The van der Waals surface area contributed by atoms with Gasteiger partial charge in [-0.15, -0.1) is 0 Å². The zero-order valence-electron chi connectivity index (χ0n) is 8.11. The van der Waals surface area contributed by atoms with Gasteiger partial charge in [0.15, 0.2) is 9.84 Å². The van der Waals surface area contributed by atoms with Crippen LogP contribution in [0.25, 0.3) is 0 Å². The van der Waals surface area contributed by atoms with Crippen molar-refractivity contribution in [3.8, 4) is 0 Å². The SMILES string of the molecule is Nc1ccc(S(=O)(=O)C2CCC2)cc1F. The summed E-state index contributed by atoms with van der Waals surface area (Å²) in [5.41, 5.74) is 5.26. The Hall–Kier alpha value is -1.10. The average Bonchev–Trinajstić information content (AvgIpc) is 2.05. The maximum absolute atomic E-state index is 13.1. The number of sulfone groups is 1. The summed E-state index contributed by atoms with van der Waals surface area (Å²) in [6, 6.07) is 3.66. The summed E-state index contributed by atoms with van der Waals surface area (Å²) in [5.74, 6) is -0.671. The van der Waals surface area contributed by atoms with Crippen LogP contribution in [-0.4, -0.2) is 13.7 Å². The molecule has 0 aromatic heterocycles. The number of hydrogen-bond acceptors (Lipinski definition) is 3. The van der Waals surface area contributed by atoms with Crippen LogP contribution < -0.4 is 5.73 Å².